The van der Waals surface area contributed by atoms with Crippen molar-refractivity contribution in [3.05, 3.63) is 53.9 Å². The summed E-state index contributed by atoms with van der Waals surface area (Å²) in [5.41, 5.74) is 0.674. The van der Waals surface area contributed by atoms with Crippen molar-refractivity contribution in [2.75, 3.05) is 7.11 Å². The first-order valence-electron chi connectivity index (χ1n) is 6.64. The summed E-state index contributed by atoms with van der Waals surface area (Å²) in [4.78, 5) is 26.7. The van der Waals surface area contributed by atoms with Crippen molar-refractivity contribution in [2.24, 2.45) is 0 Å². The molecule has 116 valence electrons. The van der Waals surface area contributed by atoms with Gasteiger partial charge in [-0.2, -0.15) is 0 Å². The van der Waals surface area contributed by atoms with Crippen LogP contribution in [0.2, 0.25) is 0 Å². The molecule has 1 aromatic carbocycles. The summed E-state index contributed by atoms with van der Waals surface area (Å²) in [7, 11) is 1.53. The summed E-state index contributed by atoms with van der Waals surface area (Å²) in [5.74, 6) is -1.35. The van der Waals surface area contributed by atoms with Crippen molar-refractivity contribution in [3.8, 4) is 17.1 Å². The van der Waals surface area contributed by atoms with E-state index in [1.54, 1.807) is 28.7 Å². The number of carboxylic acids is 2. The lowest BCUT2D eigenvalue weighted by atomic mass is 10.2. The van der Waals surface area contributed by atoms with Crippen molar-refractivity contribution < 1.29 is 24.5 Å². The number of aromatic nitrogens is 2. The molecule has 2 aromatic heterocycles. The summed E-state index contributed by atoms with van der Waals surface area (Å²) in [6.45, 7) is 0. The number of nitrogens with zero attached hydrogens (tertiary/aromatic N) is 2. The van der Waals surface area contributed by atoms with Crippen LogP contribution in [0.25, 0.3) is 16.9 Å². The predicted molar refractivity (Wildman–Crippen MR) is 81.1 cm³/mol. The molecule has 3 aromatic rings. The highest BCUT2D eigenvalue weighted by molar-refractivity contribution is 5.97. The Morgan fingerprint density at radius 3 is 2.57 bits per heavy atom. The largest absolute Gasteiger partial charge is 0.497 e. The molecule has 0 saturated heterocycles. The van der Waals surface area contributed by atoms with Crippen molar-refractivity contribution in [3.63, 3.8) is 0 Å². The number of aromatic carboxylic acids is 2. The van der Waals surface area contributed by atoms with E-state index in [0.29, 0.717) is 17.1 Å². The molecule has 7 nitrogen and oxygen atoms in total. The minimum absolute atomic E-state index is 0.00269. The van der Waals surface area contributed by atoms with Crippen LogP contribution in [0.3, 0.4) is 0 Å². The number of benzene rings is 1. The fourth-order valence-corrected chi connectivity index (χ4v) is 2.34. The van der Waals surface area contributed by atoms with Gasteiger partial charge in [0.15, 0.2) is 5.69 Å². The number of carboxylic acid groups (broad SMARTS) is 2. The normalized spacial score (nSPS) is 10.7. The maximum Gasteiger partial charge on any atom is 0.356 e. The van der Waals surface area contributed by atoms with Gasteiger partial charge in [-0.1, -0.05) is 12.1 Å². The summed E-state index contributed by atoms with van der Waals surface area (Å²) >= 11 is 0. The predicted octanol–water partition coefficient (Wildman–Crippen LogP) is 2.41. The van der Waals surface area contributed by atoms with Gasteiger partial charge >= 0.3 is 11.9 Å². The van der Waals surface area contributed by atoms with Crippen LogP contribution in [-0.4, -0.2) is 38.6 Å². The van der Waals surface area contributed by atoms with Crippen LogP contribution in [0.4, 0.5) is 0 Å². The van der Waals surface area contributed by atoms with Crippen molar-refractivity contribution in [1.82, 2.24) is 9.38 Å². The number of hydrogen-bond acceptors (Lipinski definition) is 4. The number of rotatable bonds is 4. The van der Waals surface area contributed by atoms with E-state index in [1.807, 2.05) is 0 Å². The van der Waals surface area contributed by atoms with Gasteiger partial charge in [-0.05, 0) is 24.3 Å². The van der Waals surface area contributed by atoms with Crippen LogP contribution < -0.4 is 4.74 Å². The van der Waals surface area contributed by atoms with Crippen molar-refractivity contribution in [1.29, 1.82) is 0 Å². The molecule has 23 heavy (non-hydrogen) atoms. The zero-order chi connectivity index (χ0) is 16.6. The minimum atomic E-state index is -1.22. The van der Waals surface area contributed by atoms with Gasteiger partial charge < -0.3 is 14.9 Å². The average molecular weight is 312 g/mol. The number of hydrogen-bond donors (Lipinski definition) is 2. The van der Waals surface area contributed by atoms with Crippen LogP contribution in [0, 0.1) is 0 Å². The average Bonchev–Trinajstić information content (AvgIpc) is 2.93. The fourth-order valence-electron chi connectivity index (χ4n) is 2.34. The third kappa shape index (κ3) is 2.48. The molecule has 7 heteroatoms. The molecule has 0 fully saturated rings. The van der Waals surface area contributed by atoms with E-state index in [1.165, 1.54) is 25.4 Å². The number of imidazole rings is 1. The molecule has 0 bridgehead atoms. The Kier molecular flexibility index (Phi) is 3.46. The Balaban J connectivity index is 2.29. The SMILES string of the molecule is COc1cccc(-c2nc(C(=O)O)c3cc(C(=O)O)ccn23)c1. The molecule has 0 unspecified atom stereocenters. The monoisotopic (exact) mass is 312 g/mol. The molecule has 0 aliphatic carbocycles. The zero-order valence-corrected chi connectivity index (χ0v) is 12.1. The first-order chi connectivity index (χ1) is 11.0. The lowest BCUT2D eigenvalue weighted by Crippen LogP contribution is -2.00. The highest BCUT2D eigenvalue weighted by atomic mass is 16.5. The van der Waals surface area contributed by atoms with Gasteiger partial charge in [0.1, 0.15) is 11.6 Å². The third-order valence-electron chi connectivity index (χ3n) is 3.42. The molecule has 0 saturated carbocycles. The number of methoxy groups -OCH3 is 1. The maximum absolute atomic E-state index is 11.4. The van der Waals surface area contributed by atoms with Crippen molar-refractivity contribution >= 4 is 17.5 Å². The molecule has 0 amide bonds. The first kappa shape index (κ1) is 14.6. The van der Waals surface area contributed by atoms with Crippen LogP contribution >= 0.6 is 0 Å². The van der Waals surface area contributed by atoms with E-state index in [9.17, 15) is 14.7 Å². The molecule has 0 aliphatic heterocycles. The van der Waals surface area contributed by atoms with Crippen LogP contribution in [0.1, 0.15) is 20.8 Å². The lowest BCUT2D eigenvalue weighted by molar-refractivity contribution is 0.0682. The van der Waals surface area contributed by atoms with E-state index >= 15 is 0 Å². The second-order valence-corrected chi connectivity index (χ2v) is 4.80. The molecule has 0 aliphatic rings. The summed E-state index contributed by atoms with van der Waals surface area (Å²) in [6, 6.07) is 9.72. The van der Waals surface area contributed by atoms with Gasteiger partial charge in [0.05, 0.1) is 18.2 Å². The maximum atomic E-state index is 11.4. The van der Waals surface area contributed by atoms with Gasteiger partial charge in [-0.25, -0.2) is 14.6 Å². The molecular weight excluding hydrogens is 300 g/mol. The Bertz CT molecular complexity index is 929. The molecule has 0 atom stereocenters. The second kappa shape index (κ2) is 5.45. The quantitative estimate of drug-likeness (QED) is 0.767. The summed E-state index contributed by atoms with van der Waals surface area (Å²) < 4.78 is 6.71. The molecule has 2 N–H and O–H groups in total. The van der Waals surface area contributed by atoms with E-state index in [4.69, 9.17) is 9.84 Å². The minimum Gasteiger partial charge on any atom is -0.497 e. The number of ether oxygens (including phenoxy) is 1. The smallest absolute Gasteiger partial charge is 0.356 e. The summed E-state index contributed by atoms with van der Waals surface area (Å²) in [5, 5.41) is 18.4. The standard InChI is InChI=1S/C16H12N2O5/c1-23-11-4-2-3-9(7-11)14-17-13(16(21)22)12-8-10(15(19)20)5-6-18(12)14/h2-8H,1H3,(H,19,20)(H,21,22). The topological polar surface area (TPSA) is 101 Å². The van der Waals surface area contributed by atoms with E-state index in [0.717, 1.165) is 0 Å². The molecule has 0 radical (unpaired) electrons. The van der Waals surface area contributed by atoms with E-state index in [2.05, 4.69) is 4.98 Å². The number of fused-ring (bicyclic) bond motifs is 1. The molecule has 0 spiro atoms. The van der Waals surface area contributed by atoms with E-state index in [-0.39, 0.29) is 16.8 Å². The second-order valence-electron chi connectivity index (χ2n) is 4.80. The number of carbonyl (C=O) groups is 2. The Labute approximate surface area is 130 Å². The van der Waals surface area contributed by atoms with Gasteiger partial charge in [-0.15, -0.1) is 0 Å². The van der Waals surface area contributed by atoms with Gasteiger partial charge in [-0.3, -0.25) is 4.40 Å². The van der Waals surface area contributed by atoms with Gasteiger partial charge in [0.2, 0.25) is 0 Å². The highest BCUT2D eigenvalue weighted by Crippen LogP contribution is 2.26. The van der Waals surface area contributed by atoms with Crippen LogP contribution in [0.15, 0.2) is 42.6 Å². The lowest BCUT2D eigenvalue weighted by Gasteiger charge is -2.04. The van der Waals surface area contributed by atoms with Crippen LogP contribution in [-0.2, 0) is 0 Å². The zero-order valence-electron chi connectivity index (χ0n) is 12.1. The van der Waals surface area contributed by atoms with E-state index < -0.39 is 11.9 Å². The van der Waals surface area contributed by atoms with Gasteiger partial charge in [0, 0.05) is 11.8 Å². The first-order valence-corrected chi connectivity index (χ1v) is 6.64. The third-order valence-corrected chi connectivity index (χ3v) is 3.42. The molecule has 3 rings (SSSR count). The molecular formula is C16H12N2O5. The van der Waals surface area contributed by atoms with Crippen LogP contribution in [0.5, 0.6) is 5.75 Å². The van der Waals surface area contributed by atoms with Crippen molar-refractivity contribution in [2.45, 2.75) is 0 Å². The number of pyridine rings is 1. The van der Waals surface area contributed by atoms with Gasteiger partial charge in [0.25, 0.3) is 0 Å². The Morgan fingerprint density at radius 2 is 1.91 bits per heavy atom. The molecule has 2 heterocycles. The summed E-state index contributed by atoms with van der Waals surface area (Å²) in [6.07, 6.45) is 1.49. The Hall–Kier alpha value is -3.35. The fraction of sp³-hybridized carbons (Fsp3) is 0.0625. The highest BCUT2D eigenvalue weighted by Gasteiger charge is 2.19. The Morgan fingerprint density at radius 1 is 1.13 bits per heavy atom.